The number of halogens is 1. The van der Waals surface area contributed by atoms with Crippen molar-refractivity contribution in [2.75, 3.05) is 4.90 Å². The van der Waals surface area contributed by atoms with Crippen molar-refractivity contribution in [1.29, 1.82) is 0 Å². The van der Waals surface area contributed by atoms with Gasteiger partial charge in [0.2, 0.25) is 11.8 Å². The van der Waals surface area contributed by atoms with Gasteiger partial charge in [0.15, 0.2) is 5.78 Å². The minimum atomic E-state index is -1.14. The number of allylic oxidation sites excluding steroid dienone is 1. The van der Waals surface area contributed by atoms with Crippen LogP contribution in [0.2, 0.25) is 0 Å². The summed E-state index contributed by atoms with van der Waals surface area (Å²) in [6, 6.07) is 8.55. The lowest BCUT2D eigenvalue weighted by atomic mass is 9.86. The first kappa shape index (κ1) is 19.7. The van der Waals surface area contributed by atoms with Crippen LogP contribution in [-0.4, -0.2) is 45.8 Å². The van der Waals surface area contributed by atoms with Crippen molar-refractivity contribution in [3.8, 4) is 0 Å². The number of ketones is 1. The fourth-order valence-corrected chi connectivity index (χ4v) is 4.65. The first-order valence-electron chi connectivity index (χ1n) is 9.79. The fraction of sp³-hybridized carbons (Fsp3) is 0.182. The van der Waals surface area contributed by atoms with Gasteiger partial charge in [0, 0.05) is 23.9 Å². The summed E-state index contributed by atoms with van der Waals surface area (Å²) in [4.78, 5) is 51.6. The molecule has 3 aliphatic rings. The minimum absolute atomic E-state index is 0.0396. The number of carbonyl (C=O) groups excluding carboxylic acids is 3. The summed E-state index contributed by atoms with van der Waals surface area (Å²) in [5.41, 5.74) is -0.136. The Morgan fingerprint density at radius 3 is 2.56 bits per heavy atom. The van der Waals surface area contributed by atoms with Gasteiger partial charge in [-0.3, -0.25) is 29.5 Å². The van der Waals surface area contributed by atoms with Crippen molar-refractivity contribution >= 4 is 35.2 Å². The Kier molecular flexibility index (Phi) is 4.43. The molecule has 9 nitrogen and oxygen atoms in total. The van der Waals surface area contributed by atoms with E-state index in [1.807, 2.05) is 0 Å². The maximum Gasteiger partial charge on any atom is 0.270 e. The smallest absolute Gasteiger partial charge is 0.270 e. The predicted octanol–water partition coefficient (Wildman–Crippen LogP) is 2.33. The maximum absolute atomic E-state index is 13.8. The quantitative estimate of drug-likeness (QED) is 0.316. The number of hydrazone groups is 1. The number of carbonyl (C=O) groups is 3. The van der Waals surface area contributed by atoms with Gasteiger partial charge < -0.3 is 0 Å². The number of nitro groups is 1. The number of imide groups is 1. The van der Waals surface area contributed by atoms with E-state index in [4.69, 9.17) is 0 Å². The van der Waals surface area contributed by atoms with Crippen LogP contribution in [0.25, 0.3) is 0 Å². The molecule has 2 aromatic rings. The molecule has 10 heteroatoms. The van der Waals surface area contributed by atoms with E-state index in [0.717, 1.165) is 17.0 Å². The van der Waals surface area contributed by atoms with Crippen LogP contribution < -0.4 is 4.90 Å². The summed E-state index contributed by atoms with van der Waals surface area (Å²) >= 11 is 0. The van der Waals surface area contributed by atoms with E-state index in [1.54, 1.807) is 12.2 Å². The monoisotopic (exact) mass is 434 g/mol. The lowest BCUT2D eigenvalue weighted by molar-refractivity contribution is -0.384. The highest BCUT2D eigenvalue weighted by molar-refractivity contribution is 6.24. The topological polar surface area (TPSA) is 113 Å². The van der Waals surface area contributed by atoms with E-state index in [0.29, 0.717) is 0 Å². The Morgan fingerprint density at radius 1 is 1.06 bits per heavy atom. The third-order valence-corrected chi connectivity index (χ3v) is 5.97. The van der Waals surface area contributed by atoms with Crippen LogP contribution in [0.3, 0.4) is 0 Å². The SMILES string of the molecule is O=C(c1cccc([N+](=O)[O-])c1)[C@@H]1[C@@H]2C(=O)N(c3cccc(F)c3)C(=O)[C@H]2[C@H]2C=CC=NN21. The van der Waals surface area contributed by atoms with Crippen LogP contribution in [0.1, 0.15) is 10.4 Å². The van der Waals surface area contributed by atoms with Crippen LogP contribution in [-0.2, 0) is 9.59 Å². The van der Waals surface area contributed by atoms with E-state index in [2.05, 4.69) is 5.10 Å². The molecule has 0 saturated carbocycles. The molecule has 0 aliphatic carbocycles. The highest BCUT2D eigenvalue weighted by Gasteiger charge is 2.64. The normalized spacial score (nSPS) is 25.8. The second-order valence-corrected chi connectivity index (χ2v) is 7.68. The number of non-ortho nitro benzene ring substituents is 1. The number of fused-ring (bicyclic) bond motifs is 3. The second kappa shape index (κ2) is 7.19. The predicted molar refractivity (Wildman–Crippen MR) is 110 cm³/mol. The molecular formula is C22H15FN4O5. The van der Waals surface area contributed by atoms with Crippen LogP contribution in [0, 0.1) is 27.8 Å². The number of benzene rings is 2. The van der Waals surface area contributed by atoms with Gasteiger partial charge in [0.25, 0.3) is 5.69 Å². The maximum atomic E-state index is 13.8. The average molecular weight is 434 g/mol. The summed E-state index contributed by atoms with van der Waals surface area (Å²) in [6.45, 7) is 0. The Labute approximate surface area is 180 Å². The molecule has 2 saturated heterocycles. The van der Waals surface area contributed by atoms with E-state index in [9.17, 15) is 28.9 Å². The van der Waals surface area contributed by atoms with Gasteiger partial charge in [0.1, 0.15) is 11.9 Å². The van der Waals surface area contributed by atoms with E-state index in [1.165, 1.54) is 47.6 Å². The summed E-state index contributed by atoms with van der Waals surface area (Å²) in [5.74, 6) is -4.30. The molecule has 32 heavy (non-hydrogen) atoms. The molecule has 2 fully saturated rings. The van der Waals surface area contributed by atoms with Crippen molar-refractivity contribution < 1.29 is 23.7 Å². The number of Topliss-reactive ketones (excluding diaryl/α,β-unsaturated/α-hetero) is 1. The van der Waals surface area contributed by atoms with Gasteiger partial charge in [-0.15, -0.1) is 0 Å². The summed E-state index contributed by atoms with van der Waals surface area (Å²) < 4.78 is 13.8. The van der Waals surface area contributed by atoms with E-state index < -0.39 is 52.3 Å². The lowest BCUT2D eigenvalue weighted by Crippen LogP contribution is -2.46. The molecule has 2 aromatic carbocycles. The molecule has 3 heterocycles. The molecule has 0 N–H and O–H groups in total. The number of anilines is 1. The van der Waals surface area contributed by atoms with Crippen LogP contribution >= 0.6 is 0 Å². The highest BCUT2D eigenvalue weighted by Crippen LogP contribution is 2.46. The van der Waals surface area contributed by atoms with E-state index >= 15 is 0 Å². The number of rotatable bonds is 4. The van der Waals surface area contributed by atoms with Gasteiger partial charge in [-0.2, -0.15) is 5.10 Å². The molecule has 4 atom stereocenters. The molecule has 0 radical (unpaired) electrons. The Bertz CT molecular complexity index is 1240. The summed E-state index contributed by atoms with van der Waals surface area (Å²) in [6.07, 6.45) is 4.76. The molecule has 0 bridgehead atoms. The zero-order valence-corrected chi connectivity index (χ0v) is 16.4. The van der Waals surface area contributed by atoms with Crippen LogP contribution in [0.4, 0.5) is 15.8 Å². The minimum Gasteiger partial charge on any atom is -0.292 e. The van der Waals surface area contributed by atoms with Gasteiger partial charge in [-0.25, -0.2) is 9.29 Å². The standard InChI is InChI=1S/C22H15FN4O5/c23-13-5-2-6-14(11-13)25-21(29)17-16-8-3-9-24-26(16)19(18(17)22(25)30)20(28)12-4-1-7-15(10-12)27(31)32/h1-11,16-19H/t16-,17+,18-,19+/m1/s1. The largest absolute Gasteiger partial charge is 0.292 e. The van der Waals surface area contributed by atoms with Crippen molar-refractivity contribution in [1.82, 2.24) is 5.01 Å². The van der Waals surface area contributed by atoms with Gasteiger partial charge in [-0.05, 0) is 24.3 Å². The fourth-order valence-electron chi connectivity index (χ4n) is 4.65. The van der Waals surface area contributed by atoms with Gasteiger partial charge >= 0.3 is 0 Å². The van der Waals surface area contributed by atoms with Crippen LogP contribution in [0.5, 0.6) is 0 Å². The number of hydrogen-bond donors (Lipinski definition) is 0. The number of hydrogen-bond acceptors (Lipinski definition) is 7. The van der Waals surface area contributed by atoms with Crippen molar-refractivity contribution in [2.24, 2.45) is 16.9 Å². The Morgan fingerprint density at radius 2 is 1.81 bits per heavy atom. The average Bonchev–Trinajstić information content (AvgIpc) is 3.26. The molecule has 160 valence electrons. The van der Waals surface area contributed by atoms with Crippen LogP contribution in [0.15, 0.2) is 65.8 Å². The molecule has 2 amide bonds. The third-order valence-electron chi connectivity index (χ3n) is 5.97. The zero-order chi connectivity index (χ0) is 22.6. The van der Waals surface area contributed by atoms with E-state index in [-0.39, 0.29) is 16.9 Å². The van der Waals surface area contributed by atoms with Crippen molar-refractivity contribution in [3.63, 3.8) is 0 Å². The number of amides is 2. The van der Waals surface area contributed by atoms with Crippen molar-refractivity contribution in [2.45, 2.75) is 12.1 Å². The summed E-state index contributed by atoms with van der Waals surface area (Å²) in [7, 11) is 0. The molecule has 5 rings (SSSR count). The number of nitrogens with zero attached hydrogens (tertiary/aromatic N) is 4. The second-order valence-electron chi connectivity index (χ2n) is 7.68. The first-order chi connectivity index (χ1) is 15.4. The lowest BCUT2D eigenvalue weighted by Gasteiger charge is -2.30. The third kappa shape index (κ3) is 2.83. The molecule has 0 unspecified atom stereocenters. The molecular weight excluding hydrogens is 419 g/mol. The highest BCUT2D eigenvalue weighted by atomic mass is 19.1. The first-order valence-corrected chi connectivity index (χ1v) is 9.79. The molecule has 0 spiro atoms. The van der Waals surface area contributed by atoms with Crippen molar-refractivity contribution in [3.05, 3.63) is 82.2 Å². The molecule has 3 aliphatic heterocycles. The number of nitro benzene ring substituents is 1. The Balaban J connectivity index is 1.58. The molecule has 0 aromatic heterocycles. The zero-order valence-electron chi connectivity index (χ0n) is 16.4. The Hall–Kier alpha value is -4.21. The van der Waals surface area contributed by atoms with Gasteiger partial charge in [0.05, 0.1) is 28.5 Å². The van der Waals surface area contributed by atoms with Gasteiger partial charge in [-0.1, -0.05) is 24.3 Å². The summed E-state index contributed by atoms with van der Waals surface area (Å²) in [5, 5.41) is 16.8.